The normalized spacial score (nSPS) is 9.67. The van der Waals surface area contributed by atoms with Crippen LogP contribution in [0.5, 0.6) is 11.5 Å². The lowest BCUT2D eigenvalue weighted by atomic mass is 10.2. The number of hydrogen-bond acceptors (Lipinski definition) is 5. The molecule has 0 aromatic heterocycles. The maximum atomic E-state index is 11.7. The molecule has 2 aromatic rings. The summed E-state index contributed by atoms with van der Waals surface area (Å²) in [6, 6.07) is 10.2. The van der Waals surface area contributed by atoms with Crippen molar-refractivity contribution in [1.29, 1.82) is 0 Å². The van der Waals surface area contributed by atoms with E-state index in [0.29, 0.717) is 0 Å². The molecule has 0 unspecified atom stereocenters. The van der Waals surface area contributed by atoms with Crippen LogP contribution >= 0.6 is 0 Å². The summed E-state index contributed by atoms with van der Waals surface area (Å²) in [6.45, 7) is 0. The van der Waals surface area contributed by atoms with Gasteiger partial charge in [0.05, 0.1) is 0 Å². The molecule has 2 aromatic carbocycles. The third kappa shape index (κ3) is 4.63. The van der Waals surface area contributed by atoms with Crippen LogP contribution in [0.15, 0.2) is 48.5 Å². The Morgan fingerprint density at radius 2 is 1.08 bits per heavy atom. The molecule has 2 rings (SSSR count). The Morgan fingerprint density at radius 1 is 0.667 bits per heavy atom. The van der Waals surface area contributed by atoms with Crippen molar-refractivity contribution in [3.05, 3.63) is 59.7 Å². The van der Waals surface area contributed by atoms with Gasteiger partial charge in [-0.3, -0.25) is 20.4 Å². The highest BCUT2D eigenvalue weighted by Gasteiger charge is 2.10. The van der Waals surface area contributed by atoms with E-state index in [1.165, 1.54) is 48.5 Å². The number of carbonyl (C=O) groups excluding carboxylic acids is 3. The van der Waals surface area contributed by atoms with Gasteiger partial charge in [-0.15, -0.1) is 0 Å². The van der Waals surface area contributed by atoms with E-state index in [2.05, 4.69) is 10.9 Å². The third-order valence-corrected chi connectivity index (χ3v) is 2.80. The van der Waals surface area contributed by atoms with Gasteiger partial charge >= 0.3 is 6.03 Å². The van der Waals surface area contributed by atoms with Gasteiger partial charge in [0.2, 0.25) is 0 Å². The molecule has 0 aliphatic heterocycles. The topological polar surface area (TPSA) is 140 Å². The molecule has 0 atom stereocenters. The van der Waals surface area contributed by atoms with Gasteiger partial charge < -0.3 is 10.2 Å². The van der Waals surface area contributed by atoms with Gasteiger partial charge in [-0.1, -0.05) is 12.1 Å². The summed E-state index contributed by atoms with van der Waals surface area (Å²) in [7, 11) is 0. The van der Waals surface area contributed by atoms with E-state index in [4.69, 9.17) is 0 Å². The van der Waals surface area contributed by atoms with E-state index in [-0.39, 0.29) is 22.6 Å². The number of carbonyl (C=O) groups is 3. The van der Waals surface area contributed by atoms with Crippen LogP contribution in [0, 0.1) is 0 Å². The summed E-state index contributed by atoms with van der Waals surface area (Å²) in [5.74, 6) is -1.49. The van der Waals surface area contributed by atoms with Crippen LogP contribution in [-0.4, -0.2) is 28.1 Å². The Kier molecular flexibility index (Phi) is 5.19. The molecule has 0 heterocycles. The number of phenols is 2. The van der Waals surface area contributed by atoms with Gasteiger partial charge in [-0.2, -0.15) is 0 Å². The molecule has 124 valence electrons. The predicted octanol–water partition coefficient (Wildman–Crippen LogP) is 0.387. The van der Waals surface area contributed by atoms with Crippen molar-refractivity contribution in [2.75, 3.05) is 0 Å². The van der Waals surface area contributed by atoms with Gasteiger partial charge in [-0.05, 0) is 36.4 Å². The van der Waals surface area contributed by atoms with E-state index in [1.54, 1.807) is 0 Å². The van der Waals surface area contributed by atoms with Crippen LogP contribution in [-0.2, 0) is 0 Å². The van der Waals surface area contributed by atoms with E-state index in [1.807, 2.05) is 10.9 Å². The van der Waals surface area contributed by atoms with E-state index in [0.717, 1.165) is 0 Å². The van der Waals surface area contributed by atoms with Crippen LogP contribution in [0.3, 0.4) is 0 Å². The summed E-state index contributed by atoms with van der Waals surface area (Å²) in [4.78, 5) is 34.9. The van der Waals surface area contributed by atoms with Gasteiger partial charge in [0, 0.05) is 11.1 Å². The van der Waals surface area contributed by atoms with Crippen molar-refractivity contribution >= 4 is 17.8 Å². The van der Waals surface area contributed by atoms with Gasteiger partial charge in [0.25, 0.3) is 11.8 Å². The number of aromatic hydroxyl groups is 2. The van der Waals surface area contributed by atoms with Gasteiger partial charge in [0.1, 0.15) is 11.5 Å². The summed E-state index contributed by atoms with van der Waals surface area (Å²) in [5.41, 5.74) is 8.51. The molecule has 0 saturated carbocycles. The second-order valence-electron chi connectivity index (χ2n) is 4.59. The number of benzene rings is 2. The maximum Gasteiger partial charge on any atom is 0.352 e. The Bertz CT molecular complexity index is 714. The summed E-state index contributed by atoms with van der Waals surface area (Å²) in [5, 5.41) is 18.5. The number of hydrogen-bond donors (Lipinski definition) is 6. The molecule has 0 aliphatic rings. The largest absolute Gasteiger partial charge is 0.508 e. The molecule has 9 nitrogen and oxygen atoms in total. The first-order chi connectivity index (χ1) is 11.5. The lowest BCUT2D eigenvalue weighted by Gasteiger charge is -2.10. The fourth-order valence-electron chi connectivity index (χ4n) is 1.70. The van der Waals surface area contributed by atoms with Crippen LogP contribution < -0.4 is 21.7 Å². The third-order valence-electron chi connectivity index (χ3n) is 2.80. The number of amides is 4. The molecule has 0 bridgehead atoms. The standard InChI is InChI=1S/C15H14N4O5/c20-11-5-1-3-9(7-11)13(22)16-18-15(24)19-17-14(23)10-4-2-6-12(21)8-10/h1-8,20-21H,(H,16,22)(H,17,23)(H2,18,19,24). The molecule has 6 N–H and O–H groups in total. The van der Waals surface area contributed by atoms with Gasteiger partial charge in [-0.25, -0.2) is 15.6 Å². The maximum absolute atomic E-state index is 11.7. The first-order valence-electron chi connectivity index (χ1n) is 6.70. The minimum atomic E-state index is -0.892. The quantitative estimate of drug-likeness (QED) is 0.442. The zero-order valence-corrected chi connectivity index (χ0v) is 12.2. The molecule has 0 radical (unpaired) electrons. The van der Waals surface area contributed by atoms with Crippen LogP contribution in [0.2, 0.25) is 0 Å². The predicted molar refractivity (Wildman–Crippen MR) is 82.8 cm³/mol. The number of urea groups is 1. The second-order valence-corrected chi connectivity index (χ2v) is 4.59. The highest BCUT2D eigenvalue weighted by Crippen LogP contribution is 2.11. The van der Waals surface area contributed by atoms with Crippen molar-refractivity contribution in [2.45, 2.75) is 0 Å². The fraction of sp³-hybridized carbons (Fsp3) is 0. The lowest BCUT2D eigenvalue weighted by molar-refractivity contribution is 0.0928. The first-order valence-corrected chi connectivity index (χ1v) is 6.70. The van der Waals surface area contributed by atoms with Crippen LogP contribution in [0.1, 0.15) is 20.7 Å². The molecule has 0 aliphatic carbocycles. The molecule has 0 spiro atoms. The zero-order chi connectivity index (χ0) is 17.5. The molecule has 24 heavy (non-hydrogen) atoms. The summed E-state index contributed by atoms with van der Waals surface area (Å²) < 4.78 is 0. The Morgan fingerprint density at radius 3 is 1.46 bits per heavy atom. The SMILES string of the molecule is O=C(NNC(=O)c1cccc(O)c1)NNC(=O)c1cccc(O)c1. The van der Waals surface area contributed by atoms with Crippen molar-refractivity contribution in [2.24, 2.45) is 0 Å². The molecule has 0 fully saturated rings. The fourth-order valence-corrected chi connectivity index (χ4v) is 1.70. The number of hydrazine groups is 2. The van der Waals surface area contributed by atoms with E-state index in [9.17, 15) is 24.6 Å². The number of rotatable bonds is 2. The smallest absolute Gasteiger partial charge is 0.352 e. The lowest BCUT2D eigenvalue weighted by Crippen LogP contribution is -2.52. The van der Waals surface area contributed by atoms with Crippen LogP contribution in [0.4, 0.5) is 4.79 Å². The number of nitrogens with one attached hydrogen (secondary N) is 4. The Hall–Kier alpha value is -3.75. The molecular weight excluding hydrogens is 316 g/mol. The molecular formula is C15H14N4O5. The Labute approximate surface area is 136 Å². The molecule has 9 heteroatoms. The average Bonchev–Trinajstić information content (AvgIpc) is 2.57. The van der Waals surface area contributed by atoms with E-state index >= 15 is 0 Å². The number of phenolic OH excluding ortho intramolecular Hbond substituents is 2. The Balaban J connectivity index is 1.79. The minimum absolute atomic E-state index is 0.0921. The van der Waals surface area contributed by atoms with Crippen molar-refractivity contribution in [1.82, 2.24) is 21.7 Å². The van der Waals surface area contributed by atoms with Crippen molar-refractivity contribution < 1.29 is 24.6 Å². The summed E-state index contributed by atoms with van der Waals surface area (Å²) in [6.07, 6.45) is 0. The second kappa shape index (κ2) is 7.49. The van der Waals surface area contributed by atoms with Gasteiger partial charge in [0.15, 0.2) is 0 Å². The van der Waals surface area contributed by atoms with Crippen molar-refractivity contribution in [3.63, 3.8) is 0 Å². The molecule has 4 amide bonds. The highest BCUT2D eigenvalue weighted by atomic mass is 16.3. The first kappa shape index (κ1) is 16.6. The molecule has 0 saturated heterocycles. The van der Waals surface area contributed by atoms with Crippen LogP contribution in [0.25, 0.3) is 0 Å². The zero-order valence-electron chi connectivity index (χ0n) is 12.2. The average molecular weight is 330 g/mol. The summed E-state index contributed by atoms with van der Waals surface area (Å²) >= 11 is 0. The highest BCUT2D eigenvalue weighted by molar-refractivity contribution is 5.97. The monoisotopic (exact) mass is 330 g/mol. The minimum Gasteiger partial charge on any atom is -0.508 e. The van der Waals surface area contributed by atoms with Crippen molar-refractivity contribution in [3.8, 4) is 11.5 Å². The van der Waals surface area contributed by atoms with E-state index < -0.39 is 17.8 Å².